The van der Waals surface area contributed by atoms with E-state index in [0.29, 0.717) is 18.1 Å². The molecule has 2 N–H and O–H groups in total. The van der Waals surface area contributed by atoms with Gasteiger partial charge in [0.25, 0.3) is 0 Å². The number of pyridine rings is 1. The fourth-order valence-corrected chi connectivity index (χ4v) is 1.80. The van der Waals surface area contributed by atoms with Gasteiger partial charge in [-0.3, -0.25) is 4.98 Å². The number of rotatable bonds is 5. The SMILES string of the molecule is CCCC(N)Cc1nc(-c2cc(C)ccn2)no1. The lowest BCUT2D eigenvalue weighted by Crippen LogP contribution is -2.22. The Kier molecular flexibility index (Phi) is 4.04. The summed E-state index contributed by atoms with van der Waals surface area (Å²) in [6.45, 7) is 4.11. The third-order valence-corrected chi connectivity index (χ3v) is 2.71. The molecule has 5 nitrogen and oxygen atoms in total. The van der Waals surface area contributed by atoms with Crippen LogP contribution in [0.2, 0.25) is 0 Å². The second-order valence-electron chi connectivity index (χ2n) is 4.48. The highest BCUT2D eigenvalue weighted by Crippen LogP contribution is 2.14. The molecule has 0 radical (unpaired) electrons. The summed E-state index contributed by atoms with van der Waals surface area (Å²) in [5.74, 6) is 1.10. The van der Waals surface area contributed by atoms with Crippen molar-refractivity contribution in [3.05, 3.63) is 29.8 Å². The van der Waals surface area contributed by atoms with E-state index in [4.69, 9.17) is 10.3 Å². The van der Waals surface area contributed by atoms with Crippen molar-refractivity contribution in [3.63, 3.8) is 0 Å². The highest BCUT2D eigenvalue weighted by Gasteiger charge is 2.12. The van der Waals surface area contributed by atoms with Gasteiger partial charge in [-0.05, 0) is 31.0 Å². The molecular formula is C13H18N4O. The van der Waals surface area contributed by atoms with E-state index in [0.717, 1.165) is 24.1 Å². The molecule has 5 heteroatoms. The smallest absolute Gasteiger partial charge is 0.228 e. The Balaban J connectivity index is 2.10. The zero-order valence-electron chi connectivity index (χ0n) is 10.8. The van der Waals surface area contributed by atoms with Crippen LogP contribution in [0.4, 0.5) is 0 Å². The zero-order chi connectivity index (χ0) is 13.0. The maximum Gasteiger partial charge on any atom is 0.228 e. The molecule has 18 heavy (non-hydrogen) atoms. The molecule has 2 heterocycles. The van der Waals surface area contributed by atoms with Gasteiger partial charge in [-0.25, -0.2) is 0 Å². The average Bonchev–Trinajstić information content (AvgIpc) is 2.78. The van der Waals surface area contributed by atoms with Gasteiger partial charge in [-0.2, -0.15) is 4.98 Å². The molecule has 0 aliphatic rings. The van der Waals surface area contributed by atoms with Crippen molar-refractivity contribution in [3.8, 4) is 11.5 Å². The van der Waals surface area contributed by atoms with Crippen LogP contribution in [0.5, 0.6) is 0 Å². The van der Waals surface area contributed by atoms with Crippen LogP contribution in [0.15, 0.2) is 22.9 Å². The molecule has 0 amide bonds. The molecule has 0 spiro atoms. The fraction of sp³-hybridized carbons (Fsp3) is 0.462. The lowest BCUT2D eigenvalue weighted by atomic mass is 10.1. The number of hydrogen-bond acceptors (Lipinski definition) is 5. The van der Waals surface area contributed by atoms with Crippen molar-refractivity contribution in [2.24, 2.45) is 5.73 Å². The summed E-state index contributed by atoms with van der Waals surface area (Å²) >= 11 is 0. The Morgan fingerprint density at radius 3 is 3.00 bits per heavy atom. The van der Waals surface area contributed by atoms with Crippen LogP contribution in [0.1, 0.15) is 31.2 Å². The molecule has 0 fully saturated rings. The van der Waals surface area contributed by atoms with Crippen molar-refractivity contribution in [1.82, 2.24) is 15.1 Å². The average molecular weight is 246 g/mol. The minimum absolute atomic E-state index is 0.0776. The first-order valence-corrected chi connectivity index (χ1v) is 6.20. The second-order valence-corrected chi connectivity index (χ2v) is 4.48. The van der Waals surface area contributed by atoms with Crippen LogP contribution in [-0.4, -0.2) is 21.2 Å². The monoisotopic (exact) mass is 246 g/mol. The van der Waals surface area contributed by atoms with Crippen molar-refractivity contribution < 1.29 is 4.52 Å². The summed E-state index contributed by atoms with van der Waals surface area (Å²) in [7, 11) is 0. The lowest BCUT2D eigenvalue weighted by molar-refractivity contribution is 0.366. The van der Waals surface area contributed by atoms with Gasteiger partial charge in [0.15, 0.2) is 0 Å². The Morgan fingerprint density at radius 1 is 1.44 bits per heavy atom. The topological polar surface area (TPSA) is 77.8 Å². The molecule has 0 aromatic carbocycles. The molecule has 1 unspecified atom stereocenters. The minimum Gasteiger partial charge on any atom is -0.339 e. The van der Waals surface area contributed by atoms with Crippen molar-refractivity contribution in [1.29, 1.82) is 0 Å². The predicted octanol–water partition coefficient (Wildman–Crippen LogP) is 2.11. The summed E-state index contributed by atoms with van der Waals surface area (Å²) in [4.78, 5) is 8.55. The molecule has 96 valence electrons. The molecule has 1 atom stereocenters. The number of nitrogens with two attached hydrogens (primary N) is 1. The zero-order valence-corrected chi connectivity index (χ0v) is 10.8. The van der Waals surface area contributed by atoms with Crippen LogP contribution in [0, 0.1) is 6.92 Å². The van der Waals surface area contributed by atoms with Gasteiger partial charge in [0, 0.05) is 18.7 Å². The van der Waals surface area contributed by atoms with Gasteiger partial charge in [0.2, 0.25) is 11.7 Å². The van der Waals surface area contributed by atoms with E-state index in [2.05, 4.69) is 22.0 Å². The van der Waals surface area contributed by atoms with Crippen molar-refractivity contribution in [2.45, 2.75) is 39.2 Å². The third kappa shape index (κ3) is 3.13. The van der Waals surface area contributed by atoms with Crippen LogP contribution >= 0.6 is 0 Å². The Bertz CT molecular complexity index is 509. The van der Waals surface area contributed by atoms with Crippen LogP contribution in [-0.2, 0) is 6.42 Å². The van der Waals surface area contributed by atoms with E-state index in [1.165, 1.54) is 0 Å². The second kappa shape index (κ2) is 5.73. The van der Waals surface area contributed by atoms with Crippen LogP contribution in [0.3, 0.4) is 0 Å². The standard InChI is InChI=1S/C13H18N4O/c1-3-4-10(14)8-12-16-13(17-18-12)11-7-9(2)5-6-15-11/h5-7,10H,3-4,8,14H2,1-2H3. The van der Waals surface area contributed by atoms with Crippen LogP contribution < -0.4 is 5.73 Å². The predicted molar refractivity (Wildman–Crippen MR) is 68.9 cm³/mol. The van der Waals surface area contributed by atoms with Gasteiger partial charge in [-0.1, -0.05) is 18.5 Å². The number of nitrogens with zero attached hydrogens (tertiary/aromatic N) is 3. The summed E-state index contributed by atoms with van der Waals surface area (Å²) in [5, 5.41) is 3.94. The maximum absolute atomic E-state index is 5.94. The Labute approximate surface area is 106 Å². The molecule has 0 aliphatic carbocycles. The Morgan fingerprint density at radius 2 is 2.28 bits per heavy atom. The van der Waals surface area contributed by atoms with Gasteiger partial charge >= 0.3 is 0 Å². The number of aryl methyl sites for hydroxylation is 1. The molecule has 0 bridgehead atoms. The van der Waals surface area contributed by atoms with E-state index in [1.54, 1.807) is 6.20 Å². The third-order valence-electron chi connectivity index (χ3n) is 2.71. The lowest BCUT2D eigenvalue weighted by Gasteiger charge is -2.05. The molecular weight excluding hydrogens is 228 g/mol. The largest absolute Gasteiger partial charge is 0.339 e. The maximum atomic E-state index is 5.94. The fourth-order valence-electron chi connectivity index (χ4n) is 1.80. The first-order chi connectivity index (χ1) is 8.69. The van der Waals surface area contributed by atoms with E-state index >= 15 is 0 Å². The molecule has 2 rings (SSSR count). The molecule has 0 saturated carbocycles. The van der Waals surface area contributed by atoms with E-state index in [-0.39, 0.29) is 6.04 Å². The van der Waals surface area contributed by atoms with Crippen molar-refractivity contribution >= 4 is 0 Å². The highest BCUT2D eigenvalue weighted by molar-refractivity contribution is 5.48. The normalized spacial score (nSPS) is 12.6. The van der Waals surface area contributed by atoms with Crippen molar-refractivity contribution in [2.75, 3.05) is 0 Å². The minimum atomic E-state index is 0.0776. The summed E-state index contributed by atoms with van der Waals surface area (Å²) in [5.41, 5.74) is 7.79. The van der Waals surface area contributed by atoms with Crippen LogP contribution in [0.25, 0.3) is 11.5 Å². The van der Waals surface area contributed by atoms with E-state index < -0.39 is 0 Å². The van der Waals surface area contributed by atoms with E-state index in [1.807, 2.05) is 19.1 Å². The summed E-state index contributed by atoms with van der Waals surface area (Å²) in [6, 6.07) is 3.94. The molecule has 2 aromatic rings. The number of hydrogen-bond donors (Lipinski definition) is 1. The Hall–Kier alpha value is -1.75. The van der Waals surface area contributed by atoms with Gasteiger partial charge < -0.3 is 10.3 Å². The van der Waals surface area contributed by atoms with Gasteiger partial charge in [-0.15, -0.1) is 0 Å². The molecule has 2 aromatic heterocycles. The van der Waals surface area contributed by atoms with Gasteiger partial charge in [0.1, 0.15) is 5.69 Å². The highest BCUT2D eigenvalue weighted by atomic mass is 16.5. The summed E-state index contributed by atoms with van der Waals surface area (Å²) < 4.78 is 5.19. The first kappa shape index (κ1) is 12.7. The van der Waals surface area contributed by atoms with E-state index in [9.17, 15) is 0 Å². The molecule has 0 saturated heterocycles. The summed E-state index contributed by atoms with van der Waals surface area (Å²) in [6.07, 6.45) is 4.37. The first-order valence-electron chi connectivity index (χ1n) is 6.20. The van der Waals surface area contributed by atoms with Gasteiger partial charge in [0.05, 0.1) is 0 Å². The number of aromatic nitrogens is 3. The quantitative estimate of drug-likeness (QED) is 0.874. The molecule has 0 aliphatic heterocycles.